The van der Waals surface area contributed by atoms with Crippen LogP contribution in [0.4, 0.5) is 0 Å². The lowest BCUT2D eigenvalue weighted by Crippen LogP contribution is -2.21. The molecule has 0 saturated carbocycles. The molecule has 0 aliphatic heterocycles. The van der Waals surface area contributed by atoms with Gasteiger partial charge in [-0.3, -0.25) is 9.59 Å². The highest BCUT2D eigenvalue weighted by Crippen LogP contribution is 2.06. The topological polar surface area (TPSA) is 69.7 Å². The first-order valence-electron chi connectivity index (χ1n) is 4.68. The molecule has 0 aromatic carbocycles. The summed E-state index contributed by atoms with van der Waals surface area (Å²) in [4.78, 5) is 32.0. The number of hydrogen-bond donors (Lipinski definition) is 0. The number of esters is 2. The minimum atomic E-state index is -0.411. The van der Waals surface area contributed by atoms with Gasteiger partial charge in [0.25, 0.3) is 0 Å². The minimum Gasteiger partial charge on any atom is -0.465 e. The zero-order valence-corrected chi connectivity index (χ0v) is 9.24. The van der Waals surface area contributed by atoms with Crippen LogP contribution < -0.4 is 0 Å². The standard InChI is InChI=1S/C10H16O5/c1-7(11)4-10(5-14-8(2)12)6-15-9(3)13/h10H,4-6H2,1-3H3. The molecular weight excluding hydrogens is 200 g/mol. The predicted octanol–water partition coefficient (Wildman–Crippen LogP) is 0.708. The van der Waals surface area contributed by atoms with Crippen LogP contribution in [-0.4, -0.2) is 30.9 Å². The molecule has 0 saturated heterocycles. The molecule has 0 radical (unpaired) electrons. The summed E-state index contributed by atoms with van der Waals surface area (Å²) in [5.41, 5.74) is 0. The molecule has 15 heavy (non-hydrogen) atoms. The molecule has 0 atom stereocenters. The maximum Gasteiger partial charge on any atom is 0.302 e. The van der Waals surface area contributed by atoms with Gasteiger partial charge in [0.2, 0.25) is 0 Å². The number of carbonyl (C=O) groups excluding carboxylic acids is 3. The third kappa shape index (κ3) is 8.93. The molecule has 5 heteroatoms. The van der Waals surface area contributed by atoms with E-state index in [4.69, 9.17) is 9.47 Å². The number of hydrogen-bond acceptors (Lipinski definition) is 5. The third-order valence-corrected chi connectivity index (χ3v) is 1.62. The van der Waals surface area contributed by atoms with E-state index in [0.717, 1.165) is 0 Å². The Bertz CT molecular complexity index is 228. The van der Waals surface area contributed by atoms with E-state index in [2.05, 4.69) is 0 Å². The first kappa shape index (κ1) is 13.6. The Kier molecular flexibility index (Phi) is 6.33. The van der Waals surface area contributed by atoms with Crippen molar-refractivity contribution in [1.82, 2.24) is 0 Å². The fourth-order valence-electron chi connectivity index (χ4n) is 1.04. The van der Waals surface area contributed by atoms with E-state index in [-0.39, 0.29) is 31.3 Å². The Labute approximate surface area is 88.7 Å². The van der Waals surface area contributed by atoms with Crippen LogP contribution in [0.5, 0.6) is 0 Å². The molecule has 86 valence electrons. The molecule has 0 rings (SSSR count). The Morgan fingerprint density at radius 3 is 1.60 bits per heavy atom. The smallest absolute Gasteiger partial charge is 0.302 e. The molecule has 0 aliphatic rings. The fraction of sp³-hybridized carbons (Fsp3) is 0.700. The molecule has 0 aromatic heterocycles. The molecule has 0 aliphatic carbocycles. The number of carbonyl (C=O) groups is 3. The number of rotatable bonds is 6. The summed E-state index contributed by atoms with van der Waals surface area (Å²) in [6.07, 6.45) is 0.237. The van der Waals surface area contributed by atoms with Gasteiger partial charge in [0, 0.05) is 26.2 Å². The normalized spacial score (nSPS) is 9.87. The SMILES string of the molecule is CC(=O)CC(COC(C)=O)COC(C)=O. The molecule has 0 bridgehead atoms. The average molecular weight is 216 g/mol. The van der Waals surface area contributed by atoms with Crippen molar-refractivity contribution in [3.8, 4) is 0 Å². The maximum absolute atomic E-state index is 10.9. The van der Waals surface area contributed by atoms with Gasteiger partial charge in [0.15, 0.2) is 0 Å². The summed E-state index contributed by atoms with van der Waals surface area (Å²) in [6.45, 7) is 4.21. The van der Waals surface area contributed by atoms with Gasteiger partial charge in [-0.15, -0.1) is 0 Å². The van der Waals surface area contributed by atoms with Gasteiger partial charge >= 0.3 is 11.9 Å². The Hall–Kier alpha value is -1.39. The summed E-state index contributed by atoms with van der Waals surface area (Å²) in [6, 6.07) is 0. The van der Waals surface area contributed by atoms with Crippen LogP contribution >= 0.6 is 0 Å². The average Bonchev–Trinajstić information content (AvgIpc) is 2.08. The quantitative estimate of drug-likeness (QED) is 0.611. The second kappa shape index (κ2) is 6.98. The van der Waals surface area contributed by atoms with Gasteiger partial charge in [0.05, 0.1) is 13.2 Å². The first-order chi connectivity index (χ1) is 6.91. The van der Waals surface area contributed by atoms with Gasteiger partial charge in [-0.05, 0) is 6.92 Å². The number of ether oxygens (including phenoxy) is 2. The van der Waals surface area contributed by atoms with Crippen LogP contribution in [0.1, 0.15) is 27.2 Å². The lowest BCUT2D eigenvalue weighted by molar-refractivity contribution is -0.147. The number of ketones is 1. The highest BCUT2D eigenvalue weighted by molar-refractivity contribution is 5.75. The maximum atomic E-state index is 10.9. The minimum absolute atomic E-state index is 0.0284. The molecule has 0 fully saturated rings. The monoisotopic (exact) mass is 216 g/mol. The van der Waals surface area contributed by atoms with Crippen molar-refractivity contribution in [3.63, 3.8) is 0 Å². The van der Waals surface area contributed by atoms with E-state index in [9.17, 15) is 14.4 Å². The molecule has 0 N–H and O–H groups in total. The Morgan fingerprint density at radius 1 is 0.933 bits per heavy atom. The summed E-state index contributed by atoms with van der Waals surface area (Å²) in [5.74, 6) is -1.10. The Morgan fingerprint density at radius 2 is 1.33 bits per heavy atom. The van der Waals surface area contributed by atoms with Crippen molar-refractivity contribution in [3.05, 3.63) is 0 Å². The zero-order chi connectivity index (χ0) is 11.8. The van der Waals surface area contributed by atoms with Crippen LogP contribution in [0.3, 0.4) is 0 Å². The summed E-state index contributed by atoms with van der Waals surface area (Å²) in [7, 11) is 0. The van der Waals surface area contributed by atoms with Crippen LogP contribution in [0.25, 0.3) is 0 Å². The van der Waals surface area contributed by atoms with E-state index in [1.165, 1.54) is 20.8 Å². The van der Waals surface area contributed by atoms with Gasteiger partial charge in [0.1, 0.15) is 5.78 Å². The van der Waals surface area contributed by atoms with Crippen LogP contribution in [0.15, 0.2) is 0 Å². The summed E-state index contributed by atoms with van der Waals surface area (Å²) in [5, 5.41) is 0. The second-order valence-electron chi connectivity index (χ2n) is 3.38. The molecule has 0 spiro atoms. The van der Waals surface area contributed by atoms with Crippen LogP contribution in [0.2, 0.25) is 0 Å². The van der Waals surface area contributed by atoms with Gasteiger partial charge < -0.3 is 14.3 Å². The van der Waals surface area contributed by atoms with Crippen LogP contribution in [-0.2, 0) is 23.9 Å². The number of Topliss-reactive ketones (excluding diaryl/α,β-unsaturated/α-hetero) is 1. The van der Waals surface area contributed by atoms with E-state index < -0.39 is 11.9 Å². The van der Waals surface area contributed by atoms with Crippen molar-refractivity contribution in [2.75, 3.05) is 13.2 Å². The Balaban J connectivity index is 3.99. The highest BCUT2D eigenvalue weighted by Gasteiger charge is 2.14. The van der Waals surface area contributed by atoms with Gasteiger partial charge in [-0.2, -0.15) is 0 Å². The van der Waals surface area contributed by atoms with Gasteiger partial charge in [-0.25, -0.2) is 0 Å². The third-order valence-electron chi connectivity index (χ3n) is 1.62. The lowest BCUT2D eigenvalue weighted by Gasteiger charge is -2.14. The largest absolute Gasteiger partial charge is 0.465 e. The van der Waals surface area contributed by atoms with Crippen LogP contribution in [0, 0.1) is 5.92 Å². The molecule has 0 unspecified atom stereocenters. The molecular formula is C10H16O5. The molecule has 0 heterocycles. The van der Waals surface area contributed by atoms with Crippen molar-refractivity contribution in [2.45, 2.75) is 27.2 Å². The zero-order valence-electron chi connectivity index (χ0n) is 9.24. The van der Waals surface area contributed by atoms with Crippen molar-refractivity contribution in [1.29, 1.82) is 0 Å². The summed E-state index contributed by atoms with van der Waals surface area (Å²) >= 11 is 0. The first-order valence-corrected chi connectivity index (χ1v) is 4.68. The van der Waals surface area contributed by atoms with E-state index in [1.54, 1.807) is 0 Å². The predicted molar refractivity (Wildman–Crippen MR) is 52.1 cm³/mol. The van der Waals surface area contributed by atoms with Crippen molar-refractivity contribution >= 4 is 17.7 Å². The molecule has 0 aromatic rings. The van der Waals surface area contributed by atoms with Crippen molar-refractivity contribution < 1.29 is 23.9 Å². The molecule has 5 nitrogen and oxygen atoms in total. The van der Waals surface area contributed by atoms with E-state index >= 15 is 0 Å². The van der Waals surface area contributed by atoms with E-state index in [0.29, 0.717) is 0 Å². The fourth-order valence-corrected chi connectivity index (χ4v) is 1.04. The van der Waals surface area contributed by atoms with E-state index in [1.807, 2.05) is 0 Å². The van der Waals surface area contributed by atoms with Crippen molar-refractivity contribution in [2.24, 2.45) is 5.92 Å². The summed E-state index contributed by atoms with van der Waals surface area (Å²) < 4.78 is 9.51. The highest BCUT2D eigenvalue weighted by atomic mass is 16.5. The lowest BCUT2D eigenvalue weighted by atomic mass is 10.1. The second-order valence-corrected chi connectivity index (χ2v) is 3.38. The molecule has 0 amide bonds. The van der Waals surface area contributed by atoms with Gasteiger partial charge in [-0.1, -0.05) is 0 Å².